The van der Waals surface area contributed by atoms with Gasteiger partial charge < -0.3 is 14.6 Å². The molecule has 5 heteroatoms. The number of Topliss-reactive ketones (excluding diaryl/α,β-unsaturated/α-hetero) is 1. The third-order valence-electron chi connectivity index (χ3n) is 10.1. The van der Waals surface area contributed by atoms with Gasteiger partial charge in [0.15, 0.2) is 0 Å². The molecule has 0 aromatic rings. The van der Waals surface area contributed by atoms with Crippen molar-refractivity contribution in [3.63, 3.8) is 0 Å². The molecule has 0 aliphatic heterocycles. The van der Waals surface area contributed by atoms with Crippen LogP contribution in [-0.4, -0.2) is 22.5 Å². The molecule has 0 unspecified atom stereocenters. The van der Waals surface area contributed by atoms with Crippen LogP contribution in [0.5, 0.6) is 0 Å². The van der Waals surface area contributed by atoms with E-state index in [1.807, 2.05) is 6.92 Å². The Morgan fingerprint density at radius 3 is 2.42 bits per heavy atom. The van der Waals surface area contributed by atoms with E-state index in [4.69, 9.17) is 4.74 Å². The van der Waals surface area contributed by atoms with Gasteiger partial charge in [-0.15, -0.1) is 0 Å². The number of esters is 1. The Balaban J connectivity index is 1.68. The highest BCUT2D eigenvalue weighted by molar-refractivity contribution is 5.81. The van der Waals surface area contributed by atoms with Crippen molar-refractivity contribution in [1.29, 1.82) is 5.26 Å². The topological polar surface area (TPSA) is 87.4 Å². The van der Waals surface area contributed by atoms with Gasteiger partial charge in [-0.1, -0.05) is 25.5 Å². The number of aliphatic hydroxyl groups is 1. The summed E-state index contributed by atoms with van der Waals surface area (Å²) in [5.74, 6) is 1.41. The Morgan fingerprint density at radius 2 is 1.79 bits per heavy atom. The number of ketones is 1. The van der Waals surface area contributed by atoms with Crippen molar-refractivity contribution in [2.24, 2.45) is 34.0 Å². The first kappa shape index (κ1) is 24.2. The lowest BCUT2D eigenvalue weighted by Gasteiger charge is -2.60. The van der Waals surface area contributed by atoms with Gasteiger partial charge in [-0.05, 0) is 94.8 Å². The average Bonchev–Trinajstić information content (AvgIpc) is 2.97. The van der Waals surface area contributed by atoms with Gasteiger partial charge in [0.2, 0.25) is 0 Å². The first-order valence-electron chi connectivity index (χ1n) is 12.6. The zero-order valence-electron chi connectivity index (χ0n) is 21.1. The number of nitrogens with zero attached hydrogens (tertiary/aromatic N) is 1. The number of ether oxygens (including phenoxy) is 1. The van der Waals surface area contributed by atoms with E-state index < -0.39 is 17.0 Å². The highest BCUT2D eigenvalue weighted by atomic mass is 16.5. The second-order valence-electron chi connectivity index (χ2n) is 12.3. The Hall–Kier alpha value is -1.93. The van der Waals surface area contributed by atoms with Crippen LogP contribution in [-0.2, 0) is 14.3 Å². The number of hydrogen-bond acceptors (Lipinski definition) is 5. The number of hydrogen-bond donors (Lipinski definition) is 1. The van der Waals surface area contributed by atoms with E-state index in [9.17, 15) is 20.0 Å². The summed E-state index contributed by atoms with van der Waals surface area (Å²) in [6.45, 7) is 12.2. The van der Waals surface area contributed by atoms with Crippen LogP contribution in [0.1, 0.15) is 92.9 Å². The minimum atomic E-state index is -0.613. The predicted molar refractivity (Wildman–Crippen MR) is 126 cm³/mol. The van der Waals surface area contributed by atoms with Crippen molar-refractivity contribution in [2.45, 2.75) is 98.5 Å². The van der Waals surface area contributed by atoms with Crippen LogP contribution in [0.3, 0.4) is 0 Å². The van der Waals surface area contributed by atoms with Crippen molar-refractivity contribution in [3.05, 3.63) is 23.0 Å². The highest BCUT2D eigenvalue weighted by Gasteiger charge is 2.63. The highest BCUT2D eigenvalue weighted by Crippen LogP contribution is 2.69. The molecule has 0 heterocycles. The van der Waals surface area contributed by atoms with E-state index in [1.54, 1.807) is 0 Å². The number of nitriles is 1. The van der Waals surface area contributed by atoms with E-state index >= 15 is 0 Å². The van der Waals surface area contributed by atoms with E-state index in [-0.39, 0.29) is 29.5 Å². The summed E-state index contributed by atoms with van der Waals surface area (Å²) >= 11 is 0. The maximum atomic E-state index is 12.5. The van der Waals surface area contributed by atoms with Gasteiger partial charge >= 0.3 is 5.97 Å². The van der Waals surface area contributed by atoms with Crippen molar-refractivity contribution in [3.8, 4) is 6.07 Å². The molecule has 0 bridgehead atoms. The standard InChI is InChI=1S/C28H39NO4/c1-17(30)7-10-23(31)33-24-18(16-29)15-26(4)20-11-13-27(5)21(12-14-28(27,6)32)19(20)8-9-22(26)25(24,2)3/h9,19-21,32H,7-8,10-15H2,1-6H3/t19-,20+,21+,26-,27+,28+/m1/s1. The quantitative estimate of drug-likeness (QED) is 0.440. The van der Waals surface area contributed by atoms with Gasteiger partial charge in [0.05, 0.1) is 23.7 Å². The molecular weight excluding hydrogens is 414 g/mol. The van der Waals surface area contributed by atoms with Crippen LogP contribution >= 0.6 is 0 Å². The van der Waals surface area contributed by atoms with Gasteiger partial charge in [0.1, 0.15) is 11.5 Å². The molecule has 6 atom stereocenters. The lowest BCUT2D eigenvalue weighted by Crippen LogP contribution is -2.55. The Morgan fingerprint density at radius 1 is 1.12 bits per heavy atom. The summed E-state index contributed by atoms with van der Waals surface area (Å²) in [6, 6.07) is 2.37. The monoisotopic (exact) mass is 453 g/mol. The molecule has 4 rings (SSSR count). The molecule has 0 aromatic carbocycles. The Kier molecular flexibility index (Phi) is 5.72. The molecule has 2 saturated carbocycles. The van der Waals surface area contributed by atoms with E-state index in [1.165, 1.54) is 12.5 Å². The lowest BCUT2D eigenvalue weighted by atomic mass is 9.44. The molecule has 1 N–H and O–H groups in total. The molecule has 0 radical (unpaired) electrons. The zero-order valence-corrected chi connectivity index (χ0v) is 21.1. The molecule has 0 amide bonds. The maximum Gasteiger partial charge on any atom is 0.311 e. The van der Waals surface area contributed by atoms with Gasteiger partial charge in [0.25, 0.3) is 0 Å². The number of rotatable bonds is 4. The molecule has 0 spiro atoms. The van der Waals surface area contributed by atoms with Crippen molar-refractivity contribution in [1.82, 2.24) is 0 Å². The normalized spacial score (nSPS) is 41.3. The summed E-state index contributed by atoms with van der Waals surface area (Å²) in [6.07, 6.45) is 8.08. The number of carbonyl (C=O) groups is 2. The summed E-state index contributed by atoms with van der Waals surface area (Å²) < 4.78 is 5.80. The minimum absolute atomic E-state index is 0.0365. The Labute approximate surface area is 198 Å². The average molecular weight is 454 g/mol. The SMILES string of the molecule is CC(=O)CCC(=O)OC1=C(C#N)C[C@@]2(C)C(=CC[C@@H]3[C@@H]2CC[C@@]2(C)[C@H]3CC[C@]2(C)O)C1(C)C. The second kappa shape index (κ2) is 7.80. The van der Waals surface area contributed by atoms with Crippen molar-refractivity contribution >= 4 is 11.8 Å². The smallest absolute Gasteiger partial charge is 0.311 e. The van der Waals surface area contributed by atoms with Gasteiger partial charge in [-0.3, -0.25) is 4.79 Å². The predicted octanol–water partition coefficient (Wildman–Crippen LogP) is 5.64. The lowest BCUT2D eigenvalue weighted by molar-refractivity contribution is -0.143. The molecule has 4 aliphatic rings. The number of fused-ring (bicyclic) bond motifs is 5. The van der Waals surface area contributed by atoms with Crippen molar-refractivity contribution in [2.75, 3.05) is 0 Å². The fourth-order valence-electron chi connectivity index (χ4n) is 8.20. The molecule has 2 fully saturated rings. The molecule has 0 aromatic heterocycles. The van der Waals surface area contributed by atoms with Crippen LogP contribution < -0.4 is 0 Å². The van der Waals surface area contributed by atoms with Crippen LogP contribution in [0.4, 0.5) is 0 Å². The zero-order chi connectivity index (χ0) is 24.4. The minimum Gasteiger partial charge on any atom is -0.429 e. The molecule has 0 saturated heterocycles. The molecular formula is C28H39NO4. The van der Waals surface area contributed by atoms with Gasteiger partial charge in [-0.25, -0.2) is 0 Å². The van der Waals surface area contributed by atoms with E-state index in [2.05, 4.69) is 39.8 Å². The third-order valence-corrected chi connectivity index (χ3v) is 10.1. The summed E-state index contributed by atoms with van der Waals surface area (Å²) in [4.78, 5) is 23.8. The summed E-state index contributed by atoms with van der Waals surface area (Å²) in [5.41, 5.74) is 0.449. The van der Waals surface area contributed by atoms with Gasteiger partial charge in [-0.2, -0.15) is 5.26 Å². The largest absolute Gasteiger partial charge is 0.429 e. The summed E-state index contributed by atoms with van der Waals surface area (Å²) in [5, 5.41) is 21.2. The molecule has 4 aliphatic carbocycles. The maximum absolute atomic E-state index is 12.5. The fraction of sp³-hybridized carbons (Fsp3) is 0.750. The van der Waals surface area contributed by atoms with Gasteiger partial charge in [0, 0.05) is 11.8 Å². The van der Waals surface area contributed by atoms with Crippen molar-refractivity contribution < 1.29 is 19.4 Å². The molecule has 180 valence electrons. The van der Waals surface area contributed by atoms with Crippen LogP contribution in [0.15, 0.2) is 23.0 Å². The fourth-order valence-corrected chi connectivity index (χ4v) is 8.20. The molecule has 5 nitrogen and oxygen atoms in total. The van der Waals surface area contributed by atoms with E-state index in [0.717, 1.165) is 32.1 Å². The summed E-state index contributed by atoms with van der Waals surface area (Å²) in [7, 11) is 0. The van der Waals surface area contributed by atoms with Crippen LogP contribution in [0, 0.1) is 45.3 Å². The first-order chi connectivity index (χ1) is 15.3. The van der Waals surface area contributed by atoms with Crippen LogP contribution in [0.2, 0.25) is 0 Å². The Bertz CT molecular complexity index is 980. The second-order valence-corrected chi connectivity index (χ2v) is 12.3. The first-order valence-corrected chi connectivity index (χ1v) is 12.6. The van der Waals surface area contributed by atoms with Crippen LogP contribution in [0.25, 0.3) is 0 Å². The van der Waals surface area contributed by atoms with E-state index in [0.29, 0.717) is 35.5 Å². The number of carbonyl (C=O) groups excluding carboxylic acids is 2. The number of allylic oxidation sites excluding steroid dienone is 3. The third kappa shape index (κ3) is 3.52. The molecule has 33 heavy (non-hydrogen) atoms.